The van der Waals surface area contributed by atoms with Crippen LogP contribution in [0.5, 0.6) is 0 Å². The van der Waals surface area contributed by atoms with E-state index >= 15 is 0 Å². The summed E-state index contributed by atoms with van der Waals surface area (Å²) in [7, 11) is 0. The summed E-state index contributed by atoms with van der Waals surface area (Å²) >= 11 is 0. The van der Waals surface area contributed by atoms with Gasteiger partial charge in [-0.1, -0.05) is 63.2 Å². The number of halogens is 1. The maximum absolute atomic E-state index is 13.8. The first-order valence-electron chi connectivity index (χ1n) is 11.6. The molecule has 1 aromatic rings. The first kappa shape index (κ1) is 21.1. The van der Waals surface area contributed by atoms with Crippen molar-refractivity contribution in [3.63, 3.8) is 0 Å². The van der Waals surface area contributed by atoms with E-state index in [2.05, 4.69) is 13.0 Å². The van der Waals surface area contributed by atoms with E-state index in [1.807, 2.05) is 12.1 Å². The van der Waals surface area contributed by atoms with Crippen molar-refractivity contribution in [2.24, 2.45) is 17.8 Å². The highest BCUT2D eigenvalue weighted by molar-refractivity contribution is 5.33. The monoisotopic (exact) mass is 381 g/mol. The highest BCUT2D eigenvalue weighted by atomic mass is 19.1. The van der Waals surface area contributed by atoms with Crippen LogP contribution in [0.4, 0.5) is 4.39 Å². The number of rotatable bonds is 8. The van der Waals surface area contributed by atoms with Crippen LogP contribution in [0.2, 0.25) is 0 Å². The third-order valence-electron chi connectivity index (χ3n) is 7.21. The van der Waals surface area contributed by atoms with Gasteiger partial charge in [-0.15, -0.1) is 0 Å². The SMILES string of the molecule is CCCCC[C@H]1CC[C@H](C2CC=C(CCc3ccc(C#N)c(F)c3)CC2)CC1. The second-order valence-corrected chi connectivity index (χ2v) is 9.10. The molecule has 2 heteroatoms. The lowest BCUT2D eigenvalue weighted by Crippen LogP contribution is -2.23. The first-order valence-corrected chi connectivity index (χ1v) is 11.6. The van der Waals surface area contributed by atoms with E-state index in [0.717, 1.165) is 36.2 Å². The lowest BCUT2D eigenvalue weighted by Gasteiger charge is -2.35. The van der Waals surface area contributed by atoms with Crippen molar-refractivity contribution in [3.8, 4) is 6.07 Å². The molecule has 3 rings (SSSR count). The smallest absolute Gasteiger partial charge is 0.141 e. The molecule has 0 amide bonds. The average molecular weight is 382 g/mol. The number of hydrogen-bond donors (Lipinski definition) is 0. The topological polar surface area (TPSA) is 23.8 Å². The Morgan fingerprint density at radius 2 is 1.86 bits per heavy atom. The Kier molecular flexibility index (Phi) is 8.13. The minimum absolute atomic E-state index is 0.142. The number of hydrogen-bond acceptors (Lipinski definition) is 1. The van der Waals surface area contributed by atoms with E-state index in [4.69, 9.17) is 5.26 Å². The normalized spacial score (nSPS) is 25.2. The van der Waals surface area contributed by atoms with Crippen molar-refractivity contribution in [2.45, 2.75) is 90.4 Å². The van der Waals surface area contributed by atoms with Gasteiger partial charge in [0, 0.05) is 0 Å². The molecular weight excluding hydrogens is 345 g/mol. The van der Waals surface area contributed by atoms with Crippen molar-refractivity contribution in [1.29, 1.82) is 5.26 Å². The third kappa shape index (κ3) is 5.94. The average Bonchev–Trinajstić information content (AvgIpc) is 2.73. The zero-order valence-corrected chi connectivity index (χ0v) is 17.6. The number of unbranched alkanes of at least 4 members (excludes halogenated alkanes) is 2. The summed E-state index contributed by atoms with van der Waals surface area (Å²) in [5.74, 6) is 2.47. The highest BCUT2D eigenvalue weighted by Gasteiger charge is 2.28. The molecule has 0 heterocycles. The van der Waals surface area contributed by atoms with Gasteiger partial charge in [0.05, 0.1) is 5.56 Å². The Balaban J connectivity index is 1.40. The standard InChI is InChI=1S/C26H36FN/c1-2-3-4-5-20-8-13-23(14-9-20)24-15-10-21(11-16-24)6-7-22-12-17-25(19-28)26(27)18-22/h10,12,17-18,20,23-24H,2-9,11,13-16H2,1H3/t20-,23-,24?. The van der Waals surface area contributed by atoms with E-state index in [0.29, 0.717) is 0 Å². The van der Waals surface area contributed by atoms with Gasteiger partial charge in [0.25, 0.3) is 0 Å². The van der Waals surface area contributed by atoms with Gasteiger partial charge < -0.3 is 0 Å². The predicted molar refractivity (Wildman–Crippen MR) is 114 cm³/mol. The fourth-order valence-electron chi connectivity index (χ4n) is 5.30. The van der Waals surface area contributed by atoms with Crippen molar-refractivity contribution in [2.75, 3.05) is 0 Å². The van der Waals surface area contributed by atoms with Gasteiger partial charge in [-0.25, -0.2) is 4.39 Å². The second-order valence-electron chi connectivity index (χ2n) is 9.10. The fraction of sp³-hybridized carbons (Fsp3) is 0.654. The number of nitriles is 1. The predicted octanol–water partition coefficient (Wildman–Crippen LogP) is 7.74. The van der Waals surface area contributed by atoms with Gasteiger partial charge in [-0.2, -0.15) is 5.26 Å². The molecule has 0 bridgehead atoms. The van der Waals surface area contributed by atoms with Gasteiger partial charge in [0.2, 0.25) is 0 Å². The molecule has 1 unspecified atom stereocenters. The van der Waals surface area contributed by atoms with Crippen molar-refractivity contribution >= 4 is 0 Å². The minimum Gasteiger partial charge on any atom is -0.206 e. The molecule has 0 saturated heterocycles. The molecule has 1 atom stereocenters. The molecule has 0 N–H and O–H groups in total. The number of benzene rings is 1. The van der Waals surface area contributed by atoms with Gasteiger partial charge in [0.1, 0.15) is 11.9 Å². The third-order valence-corrected chi connectivity index (χ3v) is 7.21. The highest BCUT2D eigenvalue weighted by Crippen LogP contribution is 2.41. The quantitative estimate of drug-likeness (QED) is 0.333. The molecule has 2 aliphatic carbocycles. The number of nitrogens with zero attached hydrogens (tertiary/aromatic N) is 1. The molecule has 0 radical (unpaired) electrons. The van der Waals surface area contributed by atoms with E-state index in [1.54, 1.807) is 11.6 Å². The van der Waals surface area contributed by atoms with E-state index in [1.165, 1.54) is 76.7 Å². The van der Waals surface area contributed by atoms with Crippen molar-refractivity contribution < 1.29 is 4.39 Å². The molecule has 0 aliphatic heterocycles. The molecular formula is C26H36FN. The van der Waals surface area contributed by atoms with Crippen LogP contribution in [0.15, 0.2) is 29.8 Å². The van der Waals surface area contributed by atoms with Crippen LogP contribution >= 0.6 is 0 Å². The summed E-state index contributed by atoms with van der Waals surface area (Å²) < 4.78 is 13.8. The van der Waals surface area contributed by atoms with Crippen LogP contribution < -0.4 is 0 Å². The summed E-state index contributed by atoms with van der Waals surface area (Å²) in [6.45, 7) is 2.30. The van der Waals surface area contributed by atoms with Crippen LogP contribution in [-0.4, -0.2) is 0 Å². The van der Waals surface area contributed by atoms with Crippen LogP contribution in [0, 0.1) is 34.9 Å². The fourth-order valence-corrected chi connectivity index (χ4v) is 5.30. The summed E-state index contributed by atoms with van der Waals surface area (Å²) in [5.41, 5.74) is 2.69. The van der Waals surface area contributed by atoms with Gasteiger partial charge in [-0.05, 0) is 80.4 Å². The maximum Gasteiger partial charge on any atom is 0.141 e. The molecule has 0 spiro atoms. The summed E-state index contributed by atoms with van der Waals surface area (Å²) in [4.78, 5) is 0. The molecule has 1 fully saturated rings. The lowest BCUT2D eigenvalue weighted by atomic mass is 9.70. The Hall–Kier alpha value is -1.62. The first-order chi connectivity index (χ1) is 13.7. The van der Waals surface area contributed by atoms with E-state index < -0.39 is 0 Å². The van der Waals surface area contributed by atoms with Gasteiger partial charge in [0.15, 0.2) is 0 Å². The van der Waals surface area contributed by atoms with Gasteiger partial charge in [-0.3, -0.25) is 0 Å². The van der Waals surface area contributed by atoms with Gasteiger partial charge >= 0.3 is 0 Å². The Bertz CT molecular complexity index is 691. The molecule has 2 aliphatic rings. The van der Waals surface area contributed by atoms with Crippen LogP contribution in [0.3, 0.4) is 0 Å². The summed E-state index contributed by atoms with van der Waals surface area (Å²) in [6.07, 6.45) is 19.7. The Morgan fingerprint density at radius 3 is 2.50 bits per heavy atom. The largest absolute Gasteiger partial charge is 0.206 e. The summed E-state index contributed by atoms with van der Waals surface area (Å²) in [5, 5.41) is 8.84. The van der Waals surface area contributed by atoms with Crippen molar-refractivity contribution in [1.82, 2.24) is 0 Å². The summed E-state index contributed by atoms with van der Waals surface area (Å²) in [6, 6.07) is 6.93. The van der Waals surface area contributed by atoms with Crippen LogP contribution in [-0.2, 0) is 6.42 Å². The minimum atomic E-state index is -0.386. The molecule has 1 aromatic carbocycles. The molecule has 28 heavy (non-hydrogen) atoms. The Labute approximate surface area is 171 Å². The van der Waals surface area contributed by atoms with Crippen LogP contribution in [0.1, 0.15) is 95.1 Å². The molecule has 152 valence electrons. The van der Waals surface area contributed by atoms with Crippen LogP contribution in [0.25, 0.3) is 0 Å². The lowest BCUT2D eigenvalue weighted by molar-refractivity contribution is 0.185. The molecule has 0 aromatic heterocycles. The zero-order chi connectivity index (χ0) is 19.8. The number of aryl methyl sites for hydroxylation is 1. The number of allylic oxidation sites excluding steroid dienone is 2. The molecule has 1 nitrogen and oxygen atoms in total. The molecule has 1 saturated carbocycles. The Morgan fingerprint density at radius 1 is 1.04 bits per heavy atom. The van der Waals surface area contributed by atoms with E-state index in [-0.39, 0.29) is 11.4 Å². The van der Waals surface area contributed by atoms with Crippen molar-refractivity contribution in [3.05, 3.63) is 46.8 Å². The maximum atomic E-state index is 13.8. The second kappa shape index (κ2) is 10.8. The zero-order valence-electron chi connectivity index (χ0n) is 17.6. The van der Waals surface area contributed by atoms with E-state index in [9.17, 15) is 4.39 Å².